The lowest BCUT2D eigenvalue weighted by molar-refractivity contribution is -0.122. The first kappa shape index (κ1) is 20.5. The molecule has 0 bridgehead atoms. The number of carbonyl (C=O) groups excluding carboxylic acids is 1. The third kappa shape index (κ3) is 3.41. The molecule has 164 valence electrons. The van der Waals surface area contributed by atoms with E-state index in [2.05, 4.69) is 33.9 Å². The van der Waals surface area contributed by atoms with Gasteiger partial charge in [0.15, 0.2) is 0 Å². The van der Waals surface area contributed by atoms with E-state index in [1.165, 1.54) is 5.56 Å². The fourth-order valence-corrected chi connectivity index (χ4v) is 5.07. The molecule has 1 aromatic heterocycles. The fourth-order valence-electron chi connectivity index (χ4n) is 5.07. The molecule has 4 heterocycles. The van der Waals surface area contributed by atoms with Gasteiger partial charge >= 0.3 is 0 Å². The number of allylic oxidation sites excluding steroid dienone is 1. The van der Waals surface area contributed by atoms with Crippen LogP contribution in [0, 0.1) is 11.3 Å². The molecule has 32 heavy (non-hydrogen) atoms. The zero-order valence-electron chi connectivity index (χ0n) is 18.4. The van der Waals surface area contributed by atoms with Gasteiger partial charge in [0.25, 0.3) is 0 Å². The van der Waals surface area contributed by atoms with Gasteiger partial charge in [-0.2, -0.15) is 5.26 Å². The molecule has 0 unspecified atom stereocenters. The number of nitriles is 1. The molecule has 3 aliphatic heterocycles. The summed E-state index contributed by atoms with van der Waals surface area (Å²) in [4.78, 5) is 21.8. The highest BCUT2D eigenvalue weighted by atomic mass is 16.5. The summed E-state index contributed by atoms with van der Waals surface area (Å²) in [5.74, 6) is 1.82. The Labute approximate surface area is 188 Å². The predicted octanol–water partition coefficient (Wildman–Crippen LogP) is 3.21. The Morgan fingerprint density at radius 3 is 2.88 bits per heavy atom. The van der Waals surface area contributed by atoms with E-state index in [1.54, 1.807) is 12.3 Å². The maximum absolute atomic E-state index is 12.8. The number of fused-ring (bicyclic) bond motifs is 3. The van der Waals surface area contributed by atoms with Gasteiger partial charge in [-0.15, -0.1) is 0 Å². The van der Waals surface area contributed by atoms with Crippen LogP contribution in [0.4, 0.5) is 11.5 Å². The minimum absolute atomic E-state index is 0.0614. The average Bonchev–Trinajstić information content (AvgIpc) is 3.08. The van der Waals surface area contributed by atoms with Gasteiger partial charge in [0.05, 0.1) is 23.2 Å². The maximum Gasteiger partial charge on any atom is 0.235 e. The molecule has 3 aliphatic rings. The van der Waals surface area contributed by atoms with Gasteiger partial charge in [-0.1, -0.05) is 6.58 Å². The van der Waals surface area contributed by atoms with Crippen molar-refractivity contribution in [3.8, 4) is 11.8 Å². The maximum atomic E-state index is 12.8. The van der Waals surface area contributed by atoms with Crippen LogP contribution in [0.1, 0.15) is 36.0 Å². The van der Waals surface area contributed by atoms with Crippen LogP contribution in [0.15, 0.2) is 42.7 Å². The molecule has 7 heteroatoms. The molecule has 0 saturated carbocycles. The zero-order valence-corrected chi connectivity index (χ0v) is 18.4. The first-order valence-corrected chi connectivity index (χ1v) is 11.1. The fraction of sp³-hybridized carbons (Fsp3) is 0.400. The number of aromatic nitrogens is 1. The summed E-state index contributed by atoms with van der Waals surface area (Å²) < 4.78 is 6.00. The van der Waals surface area contributed by atoms with Crippen molar-refractivity contribution in [1.29, 1.82) is 5.26 Å². The van der Waals surface area contributed by atoms with E-state index < -0.39 is 5.41 Å². The van der Waals surface area contributed by atoms with Crippen molar-refractivity contribution in [1.82, 2.24) is 9.88 Å². The van der Waals surface area contributed by atoms with Crippen LogP contribution in [-0.4, -0.2) is 49.1 Å². The van der Waals surface area contributed by atoms with Gasteiger partial charge in [0.1, 0.15) is 18.2 Å². The molecule has 2 aromatic rings. The molecule has 0 radical (unpaired) electrons. The van der Waals surface area contributed by atoms with Crippen LogP contribution in [-0.2, 0) is 16.6 Å². The number of nitrogens with one attached hydrogen (secondary N) is 1. The van der Waals surface area contributed by atoms with Gasteiger partial charge in [-0.25, -0.2) is 4.98 Å². The Morgan fingerprint density at radius 1 is 1.28 bits per heavy atom. The average molecular weight is 430 g/mol. The number of carbonyl (C=O) groups is 1. The summed E-state index contributed by atoms with van der Waals surface area (Å²) >= 11 is 0. The first-order chi connectivity index (χ1) is 15.5. The summed E-state index contributed by atoms with van der Waals surface area (Å²) in [5.41, 5.74) is 4.19. The Kier molecular flexibility index (Phi) is 5.10. The van der Waals surface area contributed by atoms with E-state index in [9.17, 15) is 10.1 Å². The van der Waals surface area contributed by atoms with E-state index >= 15 is 0 Å². The van der Waals surface area contributed by atoms with Gasteiger partial charge in [0, 0.05) is 25.0 Å². The monoisotopic (exact) mass is 429 g/mol. The van der Waals surface area contributed by atoms with Crippen LogP contribution in [0.25, 0.3) is 0 Å². The summed E-state index contributed by atoms with van der Waals surface area (Å²) in [6.07, 6.45) is 5.16. The summed E-state index contributed by atoms with van der Waals surface area (Å²) in [6, 6.07) is 9.76. The molecule has 1 spiro atoms. The van der Waals surface area contributed by atoms with Crippen LogP contribution in [0.2, 0.25) is 0 Å². The van der Waals surface area contributed by atoms with Crippen LogP contribution >= 0.6 is 0 Å². The minimum atomic E-state index is -0.516. The van der Waals surface area contributed by atoms with Crippen molar-refractivity contribution in [2.24, 2.45) is 0 Å². The van der Waals surface area contributed by atoms with Crippen molar-refractivity contribution in [2.75, 3.05) is 43.5 Å². The lowest BCUT2D eigenvalue weighted by Gasteiger charge is -2.38. The number of likely N-dealkylation sites (tertiary alicyclic amines) is 1. The van der Waals surface area contributed by atoms with Crippen LogP contribution in [0.3, 0.4) is 0 Å². The number of hydrogen-bond acceptors (Lipinski definition) is 6. The molecular weight excluding hydrogens is 402 g/mol. The molecule has 0 aliphatic carbocycles. The molecule has 0 atom stereocenters. The number of aryl methyl sites for hydroxylation is 1. The van der Waals surface area contributed by atoms with Crippen molar-refractivity contribution >= 4 is 17.4 Å². The number of benzene rings is 1. The van der Waals surface area contributed by atoms with Gasteiger partial charge in [-0.05, 0) is 74.2 Å². The second-order valence-electron chi connectivity index (χ2n) is 8.88. The van der Waals surface area contributed by atoms with Crippen molar-refractivity contribution < 1.29 is 9.53 Å². The van der Waals surface area contributed by atoms with E-state index in [0.29, 0.717) is 12.2 Å². The number of nitrogens with zero attached hydrogens (tertiary/aromatic N) is 4. The number of hydrogen-bond donors (Lipinski definition) is 1. The number of piperidine rings is 1. The minimum Gasteiger partial charge on any atom is -0.491 e. The Bertz CT molecular complexity index is 1130. The Hall–Kier alpha value is -3.37. The van der Waals surface area contributed by atoms with Crippen molar-refractivity contribution in [3.05, 3.63) is 59.4 Å². The van der Waals surface area contributed by atoms with E-state index in [-0.39, 0.29) is 5.91 Å². The summed E-state index contributed by atoms with van der Waals surface area (Å²) in [6.45, 7) is 7.11. The number of amides is 1. The quantitative estimate of drug-likeness (QED) is 0.804. The molecular formula is C25H27N5O2. The standard InChI is InChI=1S/C25H27N5O2/c1-17-3-5-19-14-20(16-27-23(19)29(17)2)32-12-11-30-9-7-25(8-10-30)21-13-18(15-26)4-6-22(21)28-24(25)31/h4,6,13-14,16H,1,3,5,7-12H2,2H3,(H,28,31). The zero-order chi connectivity index (χ0) is 22.3. The number of pyridine rings is 1. The lowest BCUT2D eigenvalue weighted by atomic mass is 9.73. The summed E-state index contributed by atoms with van der Waals surface area (Å²) in [5, 5.41) is 12.3. The van der Waals surface area contributed by atoms with Gasteiger partial charge in [-0.3, -0.25) is 9.69 Å². The second-order valence-corrected chi connectivity index (χ2v) is 8.88. The SMILES string of the molecule is C=C1CCc2cc(OCCN3CCC4(CC3)C(=O)Nc3ccc(C#N)cc34)cnc2N1C. The van der Waals surface area contributed by atoms with E-state index in [0.717, 1.165) is 73.8 Å². The molecule has 1 saturated heterocycles. The lowest BCUT2D eigenvalue weighted by Crippen LogP contribution is -2.47. The highest BCUT2D eigenvalue weighted by Gasteiger charge is 2.48. The molecule has 1 aromatic carbocycles. The molecule has 1 fully saturated rings. The van der Waals surface area contributed by atoms with E-state index in [4.69, 9.17) is 4.74 Å². The van der Waals surface area contributed by atoms with Gasteiger partial charge < -0.3 is 15.0 Å². The third-order valence-corrected chi connectivity index (χ3v) is 7.13. The smallest absolute Gasteiger partial charge is 0.235 e. The van der Waals surface area contributed by atoms with Gasteiger partial charge in [0.2, 0.25) is 5.91 Å². The second kappa shape index (κ2) is 7.95. The molecule has 1 N–H and O–H groups in total. The Morgan fingerprint density at radius 2 is 2.09 bits per heavy atom. The van der Waals surface area contributed by atoms with Crippen molar-refractivity contribution in [2.45, 2.75) is 31.1 Å². The first-order valence-electron chi connectivity index (χ1n) is 11.1. The normalized spacial score (nSPS) is 19.3. The van der Waals surface area contributed by atoms with Crippen molar-refractivity contribution in [3.63, 3.8) is 0 Å². The Balaban J connectivity index is 1.18. The van der Waals surface area contributed by atoms with Crippen LogP contribution < -0.4 is 15.0 Å². The molecule has 5 rings (SSSR count). The highest BCUT2D eigenvalue weighted by molar-refractivity contribution is 6.06. The predicted molar refractivity (Wildman–Crippen MR) is 123 cm³/mol. The highest BCUT2D eigenvalue weighted by Crippen LogP contribution is 2.45. The largest absolute Gasteiger partial charge is 0.491 e. The topological polar surface area (TPSA) is 81.5 Å². The number of rotatable bonds is 4. The molecule has 7 nitrogen and oxygen atoms in total. The third-order valence-electron chi connectivity index (χ3n) is 7.13. The number of ether oxygens (including phenoxy) is 1. The number of anilines is 2. The molecule has 1 amide bonds. The summed E-state index contributed by atoms with van der Waals surface area (Å²) in [7, 11) is 2.00. The van der Waals surface area contributed by atoms with Crippen LogP contribution in [0.5, 0.6) is 5.75 Å². The van der Waals surface area contributed by atoms with E-state index in [1.807, 2.05) is 24.1 Å².